The van der Waals surface area contributed by atoms with Gasteiger partial charge in [0.05, 0.1) is 0 Å². The first-order valence-electron chi connectivity index (χ1n) is 9.15. The Morgan fingerprint density at radius 3 is 2.68 bits per heavy atom. The molecule has 2 aromatic carbocycles. The predicted molar refractivity (Wildman–Crippen MR) is 108 cm³/mol. The number of carbonyl (C=O) groups excluding carboxylic acids is 2. The number of para-hydroxylation sites is 1. The predicted octanol–water partition coefficient (Wildman–Crippen LogP) is 3.93. The molecule has 0 saturated carbocycles. The molecular formula is C22H20N4O2. The molecule has 28 heavy (non-hydrogen) atoms. The van der Waals surface area contributed by atoms with Crippen molar-refractivity contribution in [3.8, 4) is 0 Å². The highest BCUT2D eigenvalue weighted by molar-refractivity contribution is 6.06. The zero-order valence-electron chi connectivity index (χ0n) is 15.8. The van der Waals surface area contributed by atoms with E-state index in [9.17, 15) is 9.59 Å². The van der Waals surface area contributed by atoms with Gasteiger partial charge in [0, 0.05) is 29.2 Å². The highest BCUT2D eigenvalue weighted by Crippen LogP contribution is 2.29. The van der Waals surface area contributed by atoms with Crippen molar-refractivity contribution in [3.63, 3.8) is 0 Å². The van der Waals surface area contributed by atoms with Crippen LogP contribution < -0.4 is 10.2 Å². The molecule has 2 heterocycles. The largest absolute Gasteiger partial charge is 0.324 e. The molecule has 4 rings (SSSR count). The Morgan fingerprint density at radius 1 is 1.04 bits per heavy atom. The third kappa shape index (κ3) is 3.49. The average molecular weight is 372 g/mol. The number of Topliss-reactive ketones (excluding diaryl/α,β-unsaturated/α-hetero) is 1. The number of hydrogen-bond acceptors (Lipinski definition) is 5. The fourth-order valence-corrected chi connectivity index (χ4v) is 3.37. The van der Waals surface area contributed by atoms with Gasteiger partial charge in [-0.2, -0.15) is 0 Å². The summed E-state index contributed by atoms with van der Waals surface area (Å²) >= 11 is 0. The molecule has 0 saturated heterocycles. The van der Waals surface area contributed by atoms with Crippen molar-refractivity contribution in [2.75, 3.05) is 16.8 Å². The highest BCUT2D eigenvalue weighted by atomic mass is 16.2. The van der Waals surface area contributed by atoms with E-state index < -0.39 is 0 Å². The van der Waals surface area contributed by atoms with E-state index >= 15 is 0 Å². The molecule has 0 spiro atoms. The first-order chi connectivity index (χ1) is 13.5. The van der Waals surface area contributed by atoms with E-state index in [0.717, 1.165) is 12.1 Å². The number of carbonyl (C=O) groups is 2. The maximum atomic E-state index is 13.1. The number of hydrogen-bond donors (Lipinski definition) is 1. The molecule has 0 fully saturated rings. The van der Waals surface area contributed by atoms with Crippen LogP contribution in [0.25, 0.3) is 0 Å². The van der Waals surface area contributed by atoms with Crippen LogP contribution in [-0.2, 0) is 6.42 Å². The molecule has 3 aromatic rings. The third-order valence-corrected chi connectivity index (χ3v) is 4.73. The first-order valence-corrected chi connectivity index (χ1v) is 9.15. The Kier molecular flexibility index (Phi) is 4.61. The summed E-state index contributed by atoms with van der Waals surface area (Å²) in [6.45, 7) is 3.99. The fourth-order valence-electron chi connectivity index (χ4n) is 3.37. The molecule has 0 unspecified atom stereocenters. The minimum atomic E-state index is -0.143. The van der Waals surface area contributed by atoms with Gasteiger partial charge in [-0.25, -0.2) is 9.97 Å². The van der Waals surface area contributed by atoms with E-state index in [-0.39, 0.29) is 11.7 Å². The lowest BCUT2D eigenvalue weighted by atomic mass is 10.1. The maximum absolute atomic E-state index is 13.1. The van der Waals surface area contributed by atoms with Gasteiger partial charge in [-0.15, -0.1) is 0 Å². The normalized spacial score (nSPS) is 12.6. The van der Waals surface area contributed by atoms with Crippen LogP contribution in [-0.4, -0.2) is 28.2 Å². The maximum Gasteiger partial charge on any atom is 0.277 e. The highest BCUT2D eigenvalue weighted by Gasteiger charge is 2.26. The lowest BCUT2D eigenvalue weighted by Gasteiger charge is -2.17. The quantitative estimate of drug-likeness (QED) is 0.702. The van der Waals surface area contributed by atoms with Gasteiger partial charge in [0.15, 0.2) is 5.78 Å². The summed E-state index contributed by atoms with van der Waals surface area (Å²) in [6, 6.07) is 16.7. The molecule has 1 aliphatic heterocycles. The van der Waals surface area contributed by atoms with Crippen molar-refractivity contribution in [2.45, 2.75) is 20.3 Å². The van der Waals surface area contributed by atoms with Gasteiger partial charge in [-0.3, -0.25) is 9.59 Å². The van der Waals surface area contributed by atoms with Gasteiger partial charge in [-0.05, 0) is 50.1 Å². The summed E-state index contributed by atoms with van der Waals surface area (Å²) in [5.41, 5.74) is 4.43. The molecule has 0 radical (unpaired) electrons. The second-order valence-electron chi connectivity index (χ2n) is 6.82. The molecule has 1 aromatic heterocycles. The number of ketones is 1. The van der Waals surface area contributed by atoms with Crippen LogP contribution in [0.2, 0.25) is 0 Å². The van der Waals surface area contributed by atoms with Gasteiger partial charge in [0.25, 0.3) is 5.91 Å². The molecule has 1 N–H and O–H groups in total. The number of benzene rings is 2. The Balaban J connectivity index is 1.62. The van der Waals surface area contributed by atoms with Crippen LogP contribution in [0.3, 0.4) is 0 Å². The lowest BCUT2D eigenvalue weighted by Crippen LogP contribution is -2.30. The van der Waals surface area contributed by atoms with Crippen molar-refractivity contribution in [3.05, 3.63) is 77.1 Å². The molecule has 1 amide bonds. The standard InChI is InChI=1S/C22H20N4O2/c1-14-12-19(21(28)26-11-10-16-6-3-4-9-20(16)26)25-22(23-14)24-18-8-5-7-17(13-18)15(2)27/h3-9,12-13H,10-11H2,1-2H3,(H,23,24,25). The van der Waals surface area contributed by atoms with E-state index in [1.807, 2.05) is 37.3 Å². The minimum absolute atomic E-state index is 0.0163. The third-order valence-electron chi connectivity index (χ3n) is 4.73. The SMILES string of the molecule is CC(=O)c1cccc(Nc2nc(C)cc(C(=O)N3CCc4ccccc43)n2)c1. The lowest BCUT2D eigenvalue weighted by molar-refractivity contribution is 0.0982. The molecule has 0 atom stereocenters. The second-order valence-corrected chi connectivity index (χ2v) is 6.82. The molecule has 6 nitrogen and oxygen atoms in total. The second kappa shape index (κ2) is 7.23. The van der Waals surface area contributed by atoms with E-state index in [2.05, 4.69) is 15.3 Å². The molecule has 0 aliphatic carbocycles. The zero-order chi connectivity index (χ0) is 19.7. The van der Waals surface area contributed by atoms with Crippen molar-refractivity contribution in [2.24, 2.45) is 0 Å². The van der Waals surface area contributed by atoms with Gasteiger partial charge in [-0.1, -0.05) is 30.3 Å². The minimum Gasteiger partial charge on any atom is -0.324 e. The summed E-state index contributed by atoms with van der Waals surface area (Å²) in [5.74, 6) is 0.171. The van der Waals surface area contributed by atoms with E-state index in [4.69, 9.17) is 0 Å². The summed E-state index contributed by atoms with van der Waals surface area (Å²) < 4.78 is 0. The monoisotopic (exact) mass is 372 g/mol. The number of amides is 1. The van der Waals surface area contributed by atoms with Crippen molar-refractivity contribution in [1.29, 1.82) is 0 Å². The molecule has 140 valence electrons. The fraction of sp³-hybridized carbons (Fsp3) is 0.182. The Morgan fingerprint density at radius 2 is 1.86 bits per heavy atom. The Bertz CT molecular complexity index is 1080. The number of aromatic nitrogens is 2. The van der Waals surface area contributed by atoms with Crippen LogP contribution in [0.4, 0.5) is 17.3 Å². The summed E-state index contributed by atoms with van der Waals surface area (Å²) in [6.07, 6.45) is 0.842. The van der Waals surface area contributed by atoms with Gasteiger partial charge in [0.1, 0.15) is 5.69 Å². The number of rotatable bonds is 4. The van der Waals surface area contributed by atoms with Crippen molar-refractivity contribution in [1.82, 2.24) is 9.97 Å². The van der Waals surface area contributed by atoms with Gasteiger partial charge in [0.2, 0.25) is 5.95 Å². The molecule has 6 heteroatoms. The number of anilines is 3. The summed E-state index contributed by atoms with van der Waals surface area (Å²) in [5, 5.41) is 3.10. The average Bonchev–Trinajstić information content (AvgIpc) is 3.11. The van der Waals surface area contributed by atoms with Gasteiger partial charge >= 0.3 is 0 Å². The van der Waals surface area contributed by atoms with Crippen LogP contribution in [0, 0.1) is 6.92 Å². The van der Waals surface area contributed by atoms with Crippen molar-refractivity contribution < 1.29 is 9.59 Å². The summed E-state index contributed by atoms with van der Waals surface area (Å²) in [4.78, 5) is 35.2. The Hall–Kier alpha value is -3.54. The molecular weight excluding hydrogens is 352 g/mol. The zero-order valence-corrected chi connectivity index (χ0v) is 15.8. The number of nitrogens with zero attached hydrogens (tertiary/aromatic N) is 3. The number of fused-ring (bicyclic) bond motifs is 1. The molecule has 0 bridgehead atoms. The smallest absolute Gasteiger partial charge is 0.277 e. The number of nitrogens with one attached hydrogen (secondary N) is 1. The molecule has 1 aliphatic rings. The van der Waals surface area contributed by atoms with Crippen LogP contribution in [0.1, 0.15) is 39.0 Å². The van der Waals surface area contributed by atoms with E-state index in [1.54, 1.807) is 29.2 Å². The Labute approximate surface area is 163 Å². The topological polar surface area (TPSA) is 75.2 Å². The van der Waals surface area contributed by atoms with Crippen LogP contribution >= 0.6 is 0 Å². The number of aryl methyl sites for hydroxylation is 1. The summed E-state index contributed by atoms with van der Waals surface area (Å²) in [7, 11) is 0. The van der Waals surface area contributed by atoms with E-state index in [0.29, 0.717) is 35.1 Å². The van der Waals surface area contributed by atoms with Gasteiger partial charge < -0.3 is 10.2 Å². The van der Waals surface area contributed by atoms with E-state index in [1.165, 1.54) is 12.5 Å². The first kappa shape index (κ1) is 17.9. The van der Waals surface area contributed by atoms with Crippen LogP contribution in [0.5, 0.6) is 0 Å². The van der Waals surface area contributed by atoms with Crippen LogP contribution in [0.15, 0.2) is 54.6 Å². The van der Waals surface area contributed by atoms with Crippen molar-refractivity contribution >= 4 is 29.0 Å².